The lowest BCUT2D eigenvalue weighted by atomic mass is 10.2. The summed E-state index contributed by atoms with van der Waals surface area (Å²) in [6.45, 7) is 0.485. The van der Waals surface area contributed by atoms with E-state index in [-0.39, 0.29) is 5.75 Å². The predicted molar refractivity (Wildman–Crippen MR) is 84.2 cm³/mol. The van der Waals surface area contributed by atoms with Gasteiger partial charge in [-0.3, -0.25) is 0 Å². The van der Waals surface area contributed by atoms with E-state index < -0.39 is 12.8 Å². The molecule has 1 aliphatic rings. The number of para-hydroxylation sites is 2. The summed E-state index contributed by atoms with van der Waals surface area (Å²) < 4.78 is 46.0. The standard InChI is InChI=1S/C16H13F3N3OS/c1-10-13-8-24-22-12-5-3-2-4-11(12)20-15(22)21(13)7-6-14(10)23-9-16(17,18)19/h2-7H,8-9H2,1H3/q+1. The molecule has 0 unspecified atom stereocenters. The third-order valence-electron chi connectivity index (χ3n) is 3.91. The molecular weight excluding hydrogens is 339 g/mol. The van der Waals surface area contributed by atoms with E-state index in [0.717, 1.165) is 22.7 Å². The number of ether oxygens (including phenoxy) is 1. The van der Waals surface area contributed by atoms with Gasteiger partial charge < -0.3 is 4.74 Å². The molecule has 3 aromatic rings. The number of alkyl halides is 3. The van der Waals surface area contributed by atoms with Crippen molar-refractivity contribution in [3.63, 3.8) is 0 Å². The van der Waals surface area contributed by atoms with Crippen molar-refractivity contribution in [3.8, 4) is 11.7 Å². The quantitative estimate of drug-likeness (QED) is 0.661. The van der Waals surface area contributed by atoms with Gasteiger partial charge in [-0.1, -0.05) is 17.1 Å². The maximum atomic E-state index is 12.4. The first-order valence-corrected chi connectivity index (χ1v) is 8.23. The molecule has 0 amide bonds. The second-order valence-corrected chi connectivity index (χ2v) is 6.41. The summed E-state index contributed by atoms with van der Waals surface area (Å²) in [6.07, 6.45) is -2.64. The van der Waals surface area contributed by atoms with E-state index in [2.05, 4.69) is 4.98 Å². The lowest BCUT2D eigenvalue weighted by Gasteiger charge is -2.18. The van der Waals surface area contributed by atoms with Crippen LogP contribution in [0.15, 0.2) is 36.5 Å². The molecule has 0 N–H and O–H groups in total. The fraction of sp³-hybridized carbons (Fsp3) is 0.250. The Bertz CT molecular complexity index is 936. The summed E-state index contributed by atoms with van der Waals surface area (Å²) in [5, 5.41) is 0. The number of pyridine rings is 1. The number of imidazole rings is 1. The topological polar surface area (TPSA) is 30.9 Å². The zero-order valence-electron chi connectivity index (χ0n) is 12.7. The van der Waals surface area contributed by atoms with Gasteiger partial charge in [0.25, 0.3) is 0 Å². The van der Waals surface area contributed by atoms with Crippen LogP contribution >= 0.6 is 11.9 Å². The van der Waals surface area contributed by atoms with Gasteiger partial charge in [0.2, 0.25) is 0 Å². The minimum absolute atomic E-state index is 0.253. The van der Waals surface area contributed by atoms with Gasteiger partial charge in [0.15, 0.2) is 17.6 Å². The van der Waals surface area contributed by atoms with Gasteiger partial charge in [0.1, 0.15) is 11.4 Å². The summed E-state index contributed by atoms with van der Waals surface area (Å²) in [5.41, 5.74) is 3.50. The Hall–Kier alpha value is -2.22. The summed E-state index contributed by atoms with van der Waals surface area (Å²) in [6, 6.07) is 9.38. The largest absolute Gasteiger partial charge is 0.484 e. The average Bonchev–Trinajstić information content (AvgIpc) is 2.92. The van der Waals surface area contributed by atoms with Gasteiger partial charge in [-0.05, 0) is 19.1 Å². The minimum atomic E-state index is -4.35. The van der Waals surface area contributed by atoms with E-state index >= 15 is 0 Å². The van der Waals surface area contributed by atoms with Crippen LogP contribution in [0.5, 0.6) is 5.75 Å². The Morgan fingerprint density at radius 3 is 2.88 bits per heavy atom. The van der Waals surface area contributed by atoms with E-state index in [4.69, 9.17) is 4.74 Å². The van der Waals surface area contributed by atoms with E-state index in [1.165, 1.54) is 0 Å². The Morgan fingerprint density at radius 2 is 2.08 bits per heavy atom. The van der Waals surface area contributed by atoms with Crippen LogP contribution in [0.4, 0.5) is 13.2 Å². The van der Waals surface area contributed by atoms with Crippen molar-refractivity contribution in [1.82, 2.24) is 8.96 Å². The fourth-order valence-corrected chi connectivity index (χ4v) is 3.90. The van der Waals surface area contributed by atoms with Gasteiger partial charge in [0, 0.05) is 23.6 Å². The van der Waals surface area contributed by atoms with E-state index in [9.17, 15) is 13.2 Å². The maximum absolute atomic E-state index is 12.4. The first-order chi connectivity index (χ1) is 11.4. The van der Waals surface area contributed by atoms with Crippen LogP contribution in [0, 0.1) is 6.92 Å². The van der Waals surface area contributed by atoms with Crippen molar-refractivity contribution in [2.24, 2.45) is 0 Å². The number of benzene rings is 1. The smallest absolute Gasteiger partial charge is 0.422 e. The molecule has 1 aromatic carbocycles. The molecule has 0 spiro atoms. The SMILES string of the molecule is Cc1c(OCC(F)(F)F)cc[n+]2c1CSn1c-2nc2ccccc21. The van der Waals surface area contributed by atoms with Gasteiger partial charge in [-0.25, -0.2) is 4.57 Å². The van der Waals surface area contributed by atoms with Gasteiger partial charge >= 0.3 is 12.1 Å². The fourth-order valence-electron chi connectivity index (χ4n) is 2.76. The number of hydrogen-bond donors (Lipinski definition) is 0. The van der Waals surface area contributed by atoms with Gasteiger partial charge in [-0.2, -0.15) is 17.1 Å². The molecule has 1 aliphatic heterocycles. The number of aromatic nitrogens is 3. The van der Waals surface area contributed by atoms with Crippen molar-refractivity contribution in [1.29, 1.82) is 0 Å². The zero-order chi connectivity index (χ0) is 16.9. The third-order valence-corrected chi connectivity index (χ3v) is 4.93. The van der Waals surface area contributed by atoms with Crippen LogP contribution in [-0.2, 0) is 5.75 Å². The molecule has 3 heterocycles. The van der Waals surface area contributed by atoms with E-state index in [1.54, 1.807) is 31.1 Å². The molecule has 8 heteroatoms. The van der Waals surface area contributed by atoms with Crippen LogP contribution < -0.4 is 9.30 Å². The minimum Gasteiger partial charge on any atom is -0.484 e. The Kier molecular flexibility index (Phi) is 3.45. The second-order valence-electron chi connectivity index (χ2n) is 5.49. The molecule has 2 aromatic heterocycles. The summed E-state index contributed by atoms with van der Waals surface area (Å²) >= 11 is 1.57. The number of rotatable bonds is 2. The molecule has 124 valence electrons. The van der Waals surface area contributed by atoms with Crippen molar-refractivity contribution < 1.29 is 22.5 Å². The molecule has 24 heavy (non-hydrogen) atoms. The first-order valence-electron chi connectivity index (χ1n) is 7.29. The summed E-state index contributed by atoms with van der Waals surface area (Å²) in [5.74, 6) is 1.62. The van der Waals surface area contributed by atoms with Gasteiger partial charge in [-0.15, -0.1) is 0 Å². The maximum Gasteiger partial charge on any atom is 0.422 e. The van der Waals surface area contributed by atoms with Crippen LogP contribution in [0.2, 0.25) is 0 Å². The highest BCUT2D eigenvalue weighted by Crippen LogP contribution is 2.31. The number of hydrogen-bond acceptors (Lipinski definition) is 3. The zero-order valence-corrected chi connectivity index (χ0v) is 13.5. The van der Waals surface area contributed by atoms with E-state index in [1.807, 2.05) is 32.8 Å². The molecule has 0 fully saturated rings. The Morgan fingerprint density at radius 1 is 1.29 bits per heavy atom. The highest BCUT2D eigenvalue weighted by Gasteiger charge is 2.32. The number of nitrogens with zero attached hydrogens (tertiary/aromatic N) is 3. The molecule has 4 nitrogen and oxygen atoms in total. The van der Waals surface area contributed by atoms with Crippen LogP contribution in [-0.4, -0.2) is 21.7 Å². The van der Waals surface area contributed by atoms with Crippen LogP contribution in [0.1, 0.15) is 11.3 Å². The number of halogens is 3. The molecule has 0 atom stereocenters. The normalized spacial score (nSPS) is 13.7. The Balaban J connectivity index is 1.78. The summed E-state index contributed by atoms with van der Waals surface area (Å²) in [7, 11) is 0. The highest BCUT2D eigenvalue weighted by molar-refractivity contribution is 7.97. The molecule has 0 saturated heterocycles. The summed E-state index contributed by atoms with van der Waals surface area (Å²) in [4.78, 5) is 4.63. The van der Waals surface area contributed by atoms with Crippen LogP contribution in [0.3, 0.4) is 0 Å². The lowest BCUT2D eigenvalue weighted by molar-refractivity contribution is -0.612. The lowest BCUT2D eigenvalue weighted by Crippen LogP contribution is -2.41. The van der Waals surface area contributed by atoms with Crippen molar-refractivity contribution in [2.75, 3.05) is 6.61 Å². The first kappa shape index (κ1) is 15.3. The monoisotopic (exact) mass is 352 g/mol. The molecule has 0 radical (unpaired) electrons. The molecular formula is C16H13F3N3OS+. The molecule has 4 rings (SSSR count). The van der Waals surface area contributed by atoms with E-state index in [0.29, 0.717) is 11.3 Å². The number of fused-ring (bicyclic) bond motifs is 5. The second kappa shape index (κ2) is 5.41. The van der Waals surface area contributed by atoms with Gasteiger partial charge in [0.05, 0.1) is 11.9 Å². The molecule has 0 bridgehead atoms. The average molecular weight is 352 g/mol. The van der Waals surface area contributed by atoms with Crippen LogP contribution in [0.25, 0.3) is 17.0 Å². The third kappa shape index (κ3) is 2.50. The van der Waals surface area contributed by atoms with Crippen molar-refractivity contribution in [3.05, 3.63) is 47.8 Å². The Labute approximate surface area is 140 Å². The van der Waals surface area contributed by atoms with Crippen molar-refractivity contribution in [2.45, 2.75) is 18.9 Å². The predicted octanol–water partition coefficient (Wildman–Crippen LogP) is 3.57. The molecule has 0 aliphatic carbocycles. The molecule has 0 saturated carbocycles. The highest BCUT2D eigenvalue weighted by atomic mass is 32.2. The van der Waals surface area contributed by atoms with Crippen molar-refractivity contribution >= 4 is 23.0 Å².